The highest BCUT2D eigenvalue weighted by Gasteiger charge is 2.18. The normalized spacial score (nSPS) is 10.9. The zero-order chi connectivity index (χ0) is 12.0. The SMILES string of the molecule is Cc1c(C)c(O)c2c(O)ccc(O)c2c1O. The van der Waals surface area contributed by atoms with Crippen LogP contribution < -0.4 is 0 Å². The molecule has 0 aliphatic rings. The fraction of sp³-hybridized carbons (Fsp3) is 0.167. The van der Waals surface area contributed by atoms with Crippen LogP contribution in [0.1, 0.15) is 11.1 Å². The molecule has 2 rings (SSSR count). The molecule has 4 N–H and O–H groups in total. The number of rotatable bonds is 0. The van der Waals surface area contributed by atoms with Gasteiger partial charge in [0.25, 0.3) is 0 Å². The number of phenolic OH excluding ortho intramolecular Hbond substituents is 4. The molecule has 0 aliphatic heterocycles. The molecule has 16 heavy (non-hydrogen) atoms. The standard InChI is InChI=1S/C12H12O4/c1-5-6(2)12(16)10-8(14)4-3-7(13)9(10)11(5)15/h3-4,13-16H,1-2H3. The Bertz CT molecular complexity index is 535. The Hall–Kier alpha value is -2.10. The van der Waals surface area contributed by atoms with Gasteiger partial charge in [-0.05, 0) is 37.1 Å². The summed E-state index contributed by atoms with van der Waals surface area (Å²) in [4.78, 5) is 0. The van der Waals surface area contributed by atoms with Gasteiger partial charge in [0.1, 0.15) is 23.0 Å². The van der Waals surface area contributed by atoms with Crippen molar-refractivity contribution in [1.82, 2.24) is 0 Å². The zero-order valence-corrected chi connectivity index (χ0v) is 8.94. The van der Waals surface area contributed by atoms with Crippen LogP contribution in [0.5, 0.6) is 23.0 Å². The third-order valence-corrected chi connectivity index (χ3v) is 2.91. The molecule has 0 aromatic heterocycles. The van der Waals surface area contributed by atoms with Crippen molar-refractivity contribution in [3.8, 4) is 23.0 Å². The lowest BCUT2D eigenvalue weighted by Gasteiger charge is -2.13. The molecule has 0 unspecified atom stereocenters. The molecular weight excluding hydrogens is 208 g/mol. The average molecular weight is 220 g/mol. The number of fused-ring (bicyclic) bond motifs is 1. The van der Waals surface area contributed by atoms with E-state index in [1.807, 2.05) is 0 Å². The van der Waals surface area contributed by atoms with Gasteiger partial charge in [-0.1, -0.05) is 0 Å². The number of hydrogen-bond acceptors (Lipinski definition) is 4. The predicted molar refractivity (Wildman–Crippen MR) is 60.1 cm³/mol. The lowest BCUT2D eigenvalue weighted by Crippen LogP contribution is -1.87. The summed E-state index contributed by atoms with van der Waals surface area (Å²) in [6.07, 6.45) is 0. The van der Waals surface area contributed by atoms with Gasteiger partial charge >= 0.3 is 0 Å². The molecule has 0 atom stereocenters. The van der Waals surface area contributed by atoms with Crippen LogP contribution >= 0.6 is 0 Å². The second kappa shape index (κ2) is 3.20. The van der Waals surface area contributed by atoms with E-state index in [1.54, 1.807) is 13.8 Å². The number of phenols is 4. The second-order valence-electron chi connectivity index (χ2n) is 3.80. The summed E-state index contributed by atoms with van der Waals surface area (Å²) >= 11 is 0. The summed E-state index contributed by atoms with van der Waals surface area (Å²) < 4.78 is 0. The molecule has 4 heteroatoms. The lowest BCUT2D eigenvalue weighted by molar-refractivity contribution is 0.443. The first-order valence-corrected chi connectivity index (χ1v) is 4.81. The van der Waals surface area contributed by atoms with Crippen molar-refractivity contribution in [1.29, 1.82) is 0 Å². The fourth-order valence-corrected chi connectivity index (χ4v) is 1.79. The molecule has 0 amide bonds. The van der Waals surface area contributed by atoms with E-state index in [0.717, 1.165) is 0 Å². The molecular formula is C12H12O4. The molecule has 84 valence electrons. The van der Waals surface area contributed by atoms with Crippen molar-refractivity contribution >= 4 is 10.8 Å². The first kappa shape index (κ1) is 10.4. The third kappa shape index (κ3) is 1.16. The molecule has 0 radical (unpaired) electrons. The van der Waals surface area contributed by atoms with Gasteiger partial charge < -0.3 is 20.4 Å². The Kier molecular flexibility index (Phi) is 2.08. The van der Waals surface area contributed by atoms with Crippen molar-refractivity contribution in [2.45, 2.75) is 13.8 Å². The summed E-state index contributed by atoms with van der Waals surface area (Å²) in [5.74, 6) is -0.607. The van der Waals surface area contributed by atoms with E-state index in [9.17, 15) is 20.4 Å². The maximum atomic E-state index is 9.89. The van der Waals surface area contributed by atoms with E-state index in [0.29, 0.717) is 11.1 Å². The van der Waals surface area contributed by atoms with Gasteiger partial charge in [-0.15, -0.1) is 0 Å². The van der Waals surface area contributed by atoms with E-state index in [4.69, 9.17) is 0 Å². The molecule has 0 saturated heterocycles. The largest absolute Gasteiger partial charge is 0.507 e. The molecule has 0 fully saturated rings. The van der Waals surface area contributed by atoms with Crippen LogP contribution in [0.2, 0.25) is 0 Å². The topological polar surface area (TPSA) is 80.9 Å². The van der Waals surface area contributed by atoms with Crippen molar-refractivity contribution in [2.75, 3.05) is 0 Å². The van der Waals surface area contributed by atoms with Crippen LogP contribution in [0.4, 0.5) is 0 Å². The molecule has 0 aliphatic carbocycles. The van der Waals surface area contributed by atoms with Crippen molar-refractivity contribution in [3.63, 3.8) is 0 Å². The van der Waals surface area contributed by atoms with E-state index in [-0.39, 0.29) is 33.8 Å². The number of aromatic hydroxyl groups is 4. The monoisotopic (exact) mass is 220 g/mol. The Morgan fingerprint density at radius 2 is 1.00 bits per heavy atom. The molecule has 4 nitrogen and oxygen atoms in total. The highest BCUT2D eigenvalue weighted by atomic mass is 16.3. The minimum Gasteiger partial charge on any atom is -0.507 e. The molecule has 0 saturated carbocycles. The van der Waals surface area contributed by atoms with Crippen molar-refractivity contribution in [3.05, 3.63) is 23.3 Å². The summed E-state index contributed by atoms with van der Waals surface area (Å²) in [6, 6.07) is 2.54. The number of hydrogen-bond donors (Lipinski definition) is 4. The zero-order valence-electron chi connectivity index (χ0n) is 8.94. The Balaban J connectivity index is 3.14. The van der Waals surface area contributed by atoms with Crippen LogP contribution in [0, 0.1) is 13.8 Å². The second-order valence-corrected chi connectivity index (χ2v) is 3.80. The maximum Gasteiger partial charge on any atom is 0.130 e. The molecule has 0 spiro atoms. The molecule has 2 aromatic rings. The Labute approximate surface area is 92.0 Å². The fourth-order valence-electron chi connectivity index (χ4n) is 1.79. The van der Waals surface area contributed by atoms with Gasteiger partial charge in [-0.25, -0.2) is 0 Å². The highest BCUT2D eigenvalue weighted by Crippen LogP contribution is 2.46. The smallest absolute Gasteiger partial charge is 0.130 e. The van der Waals surface area contributed by atoms with Crippen molar-refractivity contribution < 1.29 is 20.4 Å². The van der Waals surface area contributed by atoms with E-state index < -0.39 is 0 Å². The summed E-state index contributed by atoms with van der Waals surface area (Å²) in [6.45, 7) is 3.26. The van der Waals surface area contributed by atoms with E-state index >= 15 is 0 Å². The highest BCUT2D eigenvalue weighted by molar-refractivity contribution is 6.03. The van der Waals surface area contributed by atoms with Gasteiger partial charge in [-0.2, -0.15) is 0 Å². The molecule has 0 heterocycles. The van der Waals surface area contributed by atoms with E-state index in [1.165, 1.54) is 12.1 Å². The van der Waals surface area contributed by atoms with Gasteiger partial charge in [0.2, 0.25) is 0 Å². The summed E-state index contributed by atoms with van der Waals surface area (Å²) in [7, 11) is 0. The van der Waals surface area contributed by atoms with Gasteiger partial charge in [0.15, 0.2) is 0 Å². The average Bonchev–Trinajstić information content (AvgIpc) is 2.26. The number of benzene rings is 2. The lowest BCUT2D eigenvalue weighted by atomic mass is 9.98. The van der Waals surface area contributed by atoms with Gasteiger partial charge in [0, 0.05) is 0 Å². The first-order chi connectivity index (χ1) is 7.45. The summed E-state index contributed by atoms with van der Waals surface area (Å²) in [5.41, 5.74) is 0.955. The van der Waals surface area contributed by atoms with Crippen LogP contribution in [-0.4, -0.2) is 20.4 Å². The third-order valence-electron chi connectivity index (χ3n) is 2.91. The Morgan fingerprint density at radius 3 is 1.31 bits per heavy atom. The predicted octanol–water partition coefficient (Wildman–Crippen LogP) is 2.28. The van der Waals surface area contributed by atoms with Gasteiger partial charge in [-0.3, -0.25) is 0 Å². The maximum absolute atomic E-state index is 9.89. The quantitative estimate of drug-likeness (QED) is 0.513. The summed E-state index contributed by atoms with van der Waals surface area (Å²) in [5, 5.41) is 39.2. The minimum absolute atomic E-state index is 0.0700. The van der Waals surface area contributed by atoms with Crippen molar-refractivity contribution in [2.24, 2.45) is 0 Å². The van der Waals surface area contributed by atoms with Gasteiger partial charge in [0.05, 0.1) is 10.8 Å². The van der Waals surface area contributed by atoms with Crippen LogP contribution in [-0.2, 0) is 0 Å². The molecule has 2 aromatic carbocycles. The van der Waals surface area contributed by atoms with Crippen LogP contribution in [0.25, 0.3) is 10.8 Å². The Morgan fingerprint density at radius 1 is 0.688 bits per heavy atom. The minimum atomic E-state index is -0.177. The first-order valence-electron chi connectivity index (χ1n) is 4.81. The van der Waals surface area contributed by atoms with Crippen LogP contribution in [0.3, 0.4) is 0 Å². The molecule has 0 bridgehead atoms. The van der Waals surface area contributed by atoms with E-state index in [2.05, 4.69) is 0 Å². The van der Waals surface area contributed by atoms with Crippen LogP contribution in [0.15, 0.2) is 12.1 Å².